The van der Waals surface area contributed by atoms with Gasteiger partial charge in [0.2, 0.25) is 0 Å². The number of hydrogen-bond acceptors (Lipinski definition) is 4. The van der Waals surface area contributed by atoms with Crippen LogP contribution in [-0.4, -0.2) is 60.6 Å². The summed E-state index contributed by atoms with van der Waals surface area (Å²) in [6, 6.07) is -1.51. The molecule has 0 radical (unpaired) electrons. The lowest BCUT2D eigenvalue weighted by atomic mass is 10.1. The van der Waals surface area contributed by atoms with Crippen LogP contribution < -0.4 is 5.32 Å². The van der Waals surface area contributed by atoms with E-state index in [9.17, 15) is 18.0 Å². The number of nitrogens with one attached hydrogen (secondary N) is 1. The lowest BCUT2D eigenvalue weighted by Gasteiger charge is -2.35. The second-order valence-electron chi connectivity index (χ2n) is 5.02. The number of aliphatic carboxylic acids is 1. The lowest BCUT2D eigenvalue weighted by molar-refractivity contribution is -0.138. The molecule has 118 valence electrons. The first kappa shape index (κ1) is 17.3. The monoisotopic (exact) mass is 316 g/mol. The van der Waals surface area contributed by atoms with Crippen LogP contribution in [0.3, 0.4) is 0 Å². The Labute approximate surface area is 124 Å². The van der Waals surface area contributed by atoms with Crippen molar-refractivity contribution >= 4 is 21.8 Å². The Hall–Kier alpha value is -1.75. The predicted octanol–water partition coefficient (Wildman–Crippen LogP) is 0.0716. The van der Waals surface area contributed by atoms with Crippen molar-refractivity contribution in [3.05, 3.63) is 0 Å². The first-order valence-electron chi connectivity index (χ1n) is 6.72. The number of hydrogen-bond donors (Lipinski definition) is 2. The minimum absolute atomic E-state index is 0.00139. The summed E-state index contributed by atoms with van der Waals surface area (Å²) in [7, 11) is -3.31. The van der Waals surface area contributed by atoms with Gasteiger partial charge in [0.05, 0.1) is 24.0 Å². The van der Waals surface area contributed by atoms with E-state index in [4.69, 9.17) is 11.5 Å². The Morgan fingerprint density at radius 3 is 2.71 bits per heavy atom. The average molecular weight is 316 g/mol. The van der Waals surface area contributed by atoms with Crippen LogP contribution in [0.5, 0.6) is 0 Å². The SMILES string of the molecule is C#CCC(CC)NC(=O)N1CCS(=O)(=O)CC1CC(=O)O. The van der Waals surface area contributed by atoms with Gasteiger partial charge in [-0.1, -0.05) is 6.92 Å². The van der Waals surface area contributed by atoms with E-state index in [2.05, 4.69) is 11.2 Å². The Kier molecular flexibility index (Phi) is 6.03. The molecule has 0 saturated carbocycles. The summed E-state index contributed by atoms with van der Waals surface area (Å²) in [6.07, 6.45) is 5.84. The Morgan fingerprint density at radius 2 is 2.19 bits per heavy atom. The number of urea groups is 1. The number of carbonyl (C=O) groups is 2. The van der Waals surface area contributed by atoms with Crippen molar-refractivity contribution in [3.8, 4) is 12.3 Å². The van der Waals surface area contributed by atoms with Crippen LogP contribution >= 0.6 is 0 Å². The summed E-state index contributed by atoms with van der Waals surface area (Å²) in [6.45, 7) is 1.87. The van der Waals surface area contributed by atoms with Crippen LogP contribution in [0.2, 0.25) is 0 Å². The van der Waals surface area contributed by atoms with Gasteiger partial charge in [0.1, 0.15) is 0 Å². The lowest BCUT2D eigenvalue weighted by Crippen LogP contribution is -2.56. The van der Waals surface area contributed by atoms with Gasteiger partial charge < -0.3 is 15.3 Å². The van der Waals surface area contributed by atoms with Gasteiger partial charge in [0, 0.05) is 19.0 Å². The van der Waals surface area contributed by atoms with Gasteiger partial charge in [-0.05, 0) is 6.42 Å². The molecule has 0 aromatic carbocycles. The number of terminal acetylenes is 1. The molecule has 1 aliphatic heterocycles. The maximum absolute atomic E-state index is 12.2. The topological polar surface area (TPSA) is 104 Å². The Balaban J connectivity index is 2.80. The highest BCUT2D eigenvalue weighted by atomic mass is 32.2. The Morgan fingerprint density at radius 1 is 1.52 bits per heavy atom. The first-order valence-corrected chi connectivity index (χ1v) is 8.54. The highest BCUT2D eigenvalue weighted by molar-refractivity contribution is 7.91. The normalized spacial score (nSPS) is 22.1. The molecule has 1 saturated heterocycles. The molecule has 21 heavy (non-hydrogen) atoms. The molecule has 1 aliphatic rings. The smallest absolute Gasteiger partial charge is 0.317 e. The third kappa shape index (κ3) is 5.27. The van der Waals surface area contributed by atoms with Crippen LogP contribution in [0.4, 0.5) is 4.79 Å². The number of amides is 2. The van der Waals surface area contributed by atoms with Crippen molar-refractivity contribution in [1.29, 1.82) is 0 Å². The van der Waals surface area contributed by atoms with Gasteiger partial charge in [0.15, 0.2) is 9.84 Å². The fourth-order valence-corrected chi connectivity index (χ4v) is 3.75. The van der Waals surface area contributed by atoms with Gasteiger partial charge in [-0.25, -0.2) is 13.2 Å². The van der Waals surface area contributed by atoms with Crippen LogP contribution in [-0.2, 0) is 14.6 Å². The summed E-state index contributed by atoms with van der Waals surface area (Å²) >= 11 is 0. The van der Waals surface area contributed by atoms with E-state index >= 15 is 0 Å². The van der Waals surface area contributed by atoms with Gasteiger partial charge in [-0.3, -0.25) is 4.79 Å². The maximum atomic E-state index is 12.2. The zero-order valence-electron chi connectivity index (χ0n) is 11.9. The molecule has 7 nitrogen and oxygen atoms in total. The van der Waals surface area contributed by atoms with E-state index in [-0.39, 0.29) is 24.1 Å². The molecule has 0 bridgehead atoms. The molecule has 2 unspecified atom stereocenters. The molecule has 0 aromatic rings. The Bertz CT molecular complexity index is 537. The van der Waals surface area contributed by atoms with E-state index in [0.717, 1.165) is 0 Å². The average Bonchev–Trinajstić information content (AvgIpc) is 2.36. The largest absolute Gasteiger partial charge is 0.481 e. The summed E-state index contributed by atoms with van der Waals surface area (Å²) in [5.74, 6) is 0.855. The summed E-state index contributed by atoms with van der Waals surface area (Å²) in [4.78, 5) is 24.3. The van der Waals surface area contributed by atoms with E-state index in [1.807, 2.05) is 6.92 Å². The van der Waals surface area contributed by atoms with Gasteiger partial charge in [-0.2, -0.15) is 0 Å². The van der Waals surface area contributed by atoms with Crippen LogP contribution in [0.1, 0.15) is 26.2 Å². The van der Waals surface area contributed by atoms with Crippen molar-refractivity contribution in [3.63, 3.8) is 0 Å². The third-order valence-electron chi connectivity index (χ3n) is 3.39. The van der Waals surface area contributed by atoms with Crippen molar-refractivity contribution < 1.29 is 23.1 Å². The van der Waals surface area contributed by atoms with E-state index < -0.39 is 34.3 Å². The van der Waals surface area contributed by atoms with Gasteiger partial charge in [0.25, 0.3) is 0 Å². The van der Waals surface area contributed by atoms with Crippen molar-refractivity contribution in [2.24, 2.45) is 0 Å². The highest BCUT2D eigenvalue weighted by Crippen LogP contribution is 2.15. The second kappa shape index (κ2) is 7.31. The number of nitrogens with zero attached hydrogens (tertiary/aromatic N) is 1. The maximum Gasteiger partial charge on any atom is 0.317 e. The zero-order valence-corrected chi connectivity index (χ0v) is 12.7. The van der Waals surface area contributed by atoms with Crippen molar-refractivity contribution in [2.45, 2.75) is 38.3 Å². The minimum atomic E-state index is -3.31. The van der Waals surface area contributed by atoms with E-state index in [1.54, 1.807) is 0 Å². The number of carbonyl (C=O) groups excluding carboxylic acids is 1. The molecule has 2 N–H and O–H groups in total. The fraction of sp³-hybridized carbons (Fsp3) is 0.692. The quantitative estimate of drug-likeness (QED) is 0.699. The summed E-state index contributed by atoms with van der Waals surface area (Å²) in [5.41, 5.74) is 0. The number of sulfone groups is 1. The van der Waals surface area contributed by atoms with Crippen LogP contribution in [0.15, 0.2) is 0 Å². The first-order chi connectivity index (χ1) is 9.79. The fourth-order valence-electron chi connectivity index (χ4n) is 2.22. The van der Waals surface area contributed by atoms with Gasteiger partial charge >= 0.3 is 12.0 Å². The molecule has 2 atom stereocenters. The molecule has 0 aromatic heterocycles. The van der Waals surface area contributed by atoms with Crippen LogP contribution in [0.25, 0.3) is 0 Å². The summed E-state index contributed by atoms with van der Waals surface area (Å²) < 4.78 is 23.2. The zero-order chi connectivity index (χ0) is 16.0. The highest BCUT2D eigenvalue weighted by Gasteiger charge is 2.35. The molecule has 1 heterocycles. The number of carboxylic acids is 1. The minimum Gasteiger partial charge on any atom is -0.481 e. The van der Waals surface area contributed by atoms with Crippen molar-refractivity contribution in [1.82, 2.24) is 10.2 Å². The standard InChI is InChI=1S/C13H20N2O5S/c1-3-5-10(4-2)14-13(18)15-6-7-21(19,20)9-11(15)8-12(16)17/h1,10-11H,4-9H2,2H3,(H,14,18)(H,16,17). The molecular formula is C13H20N2O5S. The predicted molar refractivity (Wildman–Crippen MR) is 77.5 cm³/mol. The second-order valence-corrected chi connectivity index (χ2v) is 7.25. The molecule has 8 heteroatoms. The molecule has 0 aliphatic carbocycles. The molecule has 1 fully saturated rings. The van der Waals surface area contributed by atoms with Crippen LogP contribution in [0, 0.1) is 12.3 Å². The number of rotatable bonds is 5. The number of carboxylic acid groups (broad SMARTS) is 1. The molecular weight excluding hydrogens is 296 g/mol. The molecule has 0 spiro atoms. The van der Waals surface area contributed by atoms with Gasteiger partial charge in [-0.15, -0.1) is 12.3 Å². The van der Waals surface area contributed by atoms with E-state index in [0.29, 0.717) is 12.8 Å². The summed E-state index contributed by atoms with van der Waals surface area (Å²) in [5, 5.41) is 11.6. The third-order valence-corrected chi connectivity index (χ3v) is 5.08. The van der Waals surface area contributed by atoms with Crippen molar-refractivity contribution in [2.75, 3.05) is 18.1 Å². The molecule has 1 rings (SSSR count). The van der Waals surface area contributed by atoms with E-state index in [1.165, 1.54) is 4.90 Å². The molecule has 2 amide bonds.